The number of hydrogen-bond acceptors (Lipinski definition) is 3. The zero-order valence-corrected chi connectivity index (χ0v) is 13.7. The van der Waals surface area contributed by atoms with Gasteiger partial charge in [-0.25, -0.2) is 9.37 Å². The van der Waals surface area contributed by atoms with Gasteiger partial charge in [0.2, 0.25) is 5.91 Å². The Labute approximate surface area is 141 Å². The molecule has 1 fully saturated rings. The summed E-state index contributed by atoms with van der Waals surface area (Å²) in [5.41, 5.74) is 1.70. The molecule has 0 atom stereocenters. The van der Waals surface area contributed by atoms with Crippen LogP contribution in [0.3, 0.4) is 0 Å². The first kappa shape index (κ1) is 16.4. The van der Waals surface area contributed by atoms with Crippen LogP contribution >= 0.6 is 0 Å². The van der Waals surface area contributed by atoms with Crippen molar-refractivity contribution in [3.63, 3.8) is 0 Å². The van der Waals surface area contributed by atoms with E-state index in [4.69, 9.17) is 0 Å². The Morgan fingerprint density at radius 2 is 2.00 bits per heavy atom. The fraction of sp³-hybridized carbons (Fsp3) is 0.368. The monoisotopic (exact) mass is 327 g/mol. The number of hydrogen-bond donors (Lipinski definition) is 1. The van der Waals surface area contributed by atoms with Crippen LogP contribution in [-0.4, -0.2) is 24.0 Å². The lowest BCUT2D eigenvalue weighted by Gasteiger charge is -2.29. The lowest BCUT2D eigenvalue weighted by Crippen LogP contribution is -2.32. The van der Waals surface area contributed by atoms with Crippen molar-refractivity contribution in [2.45, 2.75) is 32.2 Å². The quantitative estimate of drug-likeness (QED) is 0.918. The summed E-state index contributed by atoms with van der Waals surface area (Å²) in [6.45, 7) is 2.47. The van der Waals surface area contributed by atoms with Gasteiger partial charge in [-0.2, -0.15) is 0 Å². The van der Waals surface area contributed by atoms with E-state index in [2.05, 4.69) is 15.2 Å². The summed E-state index contributed by atoms with van der Waals surface area (Å²) in [5.74, 6) is 0.525. The zero-order valence-electron chi connectivity index (χ0n) is 13.7. The third-order valence-electron chi connectivity index (χ3n) is 4.25. The van der Waals surface area contributed by atoms with Crippen molar-refractivity contribution in [1.82, 2.24) is 10.3 Å². The second-order valence-corrected chi connectivity index (χ2v) is 6.12. The summed E-state index contributed by atoms with van der Waals surface area (Å²) in [5, 5.41) is 2.92. The number of amides is 1. The molecule has 3 rings (SSSR count). The number of nitrogens with one attached hydrogen (secondary N) is 1. The maximum atomic E-state index is 13.2. The second-order valence-electron chi connectivity index (χ2n) is 6.12. The minimum Gasteiger partial charge on any atom is -0.356 e. The molecular formula is C19H22FN3O. The van der Waals surface area contributed by atoms with Gasteiger partial charge in [0.25, 0.3) is 0 Å². The van der Waals surface area contributed by atoms with Crippen molar-refractivity contribution in [2.75, 3.05) is 18.0 Å². The van der Waals surface area contributed by atoms with Crippen LogP contribution in [0.2, 0.25) is 0 Å². The van der Waals surface area contributed by atoms with Gasteiger partial charge in [-0.1, -0.05) is 18.2 Å². The number of piperidine rings is 1. The van der Waals surface area contributed by atoms with Crippen LogP contribution in [0.1, 0.15) is 30.4 Å². The highest BCUT2D eigenvalue weighted by Gasteiger charge is 2.15. The molecule has 5 heteroatoms. The van der Waals surface area contributed by atoms with Gasteiger partial charge >= 0.3 is 0 Å². The summed E-state index contributed by atoms with van der Waals surface area (Å²) in [7, 11) is 0. The molecular weight excluding hydrogens is 305 g/mol. The molecule has 1 aliphatic rings. The number of rotatable bonds is 5. The highest BCUT2D eigenvalue weighted by molar-refractivity contribution is 5.78. The van der Waals surface area contributed by atoms with E-state index >= 15 is 0 Å². The Morgan fingerprint density at radius 1 is 1.17 bits per heavy atom. The van der Waals surface area contributed by atoms with Gasteiger partial charge in [-0.05, 0) is 43.0 Å². The lowest BCUT2D eigenvalue weighted by atomic mass is 10.1. The minimum atomic E-state index is -0.319. The van der Waals surface area contributed by atoms with E-state index in [1.54, 1.807) is 18.3 Å². The van der Waals surface area contributed by atoms with Crippen LogP contribution in [0.25, 0.3) is 0 Å². The van der Waals surface area contributed by atoms with E-state index in [1.807, 2.05) is 12.1 Å². The number of aromatic nitrogens is 1. The van der Waals surface area contributed by atoms with Gasteiger partial charge in [0.05, 0.1) is 6.42 Å². The highest BCUT2D eigenvalue weighted by Crippen LogP contribution is 2.21. The normalized spacial score (nSPS) is 14.5. The molecule has 0 spiro atoms. The maximum absolute atomic E-state index is 13.2. The van der Waals surface area contributed by atoms with Gasteiger partial charge in [0.1, 0.15) is 11.6 Å². The number of benzene rings is 1. The molecule has 0 saturated carbocycles. The van der Waals surface area contributed by atoms with Crippen molar-refractivity contribution >= 4 is 11.7 Å². The summed E-state index contributed by atoms with van der Waals surface area (Å²) >= 11 is 0. The van der Waals surface area contributed by atoms with Crippen LogP contribution in [0.15, 0.2) is 42.6 Å². The third kappa shape index (κ3) is 4.31. The summed E-state index contributed by atoms with van der Waals surface area (Å²) in [6, 6.07) is 10.0. The third-order valence-corrected chi connectivity index (χ3v) is 4.25. The van der Waals surface area contributed by atoms with E-state index in [0.29, 0.717) is 12.1 Å². The smallest absolute Gasteiger partial charge is 0.224 e. The van der Waals surface area contributed by atoms with E-state index in [1.165, 1.54) is 31.4 Å². The standard InChI is InChI=1S/C19H22FN3O/c20-17-8-4-6-15(12-17)13-18(24)22-14-16-7-5-9-21-19(16)23-10-2-1-3-11-23/h4-9,12H,1-3,10-11,13-14H2,(H,22,24). The first-order valence-corrected chi connectivity index (χ1v) is 8.42. The molecule has 1 N–H and O–H groups in total. The molecule has 24 heavy (non-hydrogen) atoms. The van der Waals surface area contributed by atoms with Crippen molar-refractivity contribution in [3.05, 3.63) is 59.5 Å². The van der Waals surface area contributed by atoms with Gasteiger partial charge in [-0.15, -0.1) is 0 Å². The predicted octanol–water partition coefficient (Wildman–Crippen LogP) is 3.07. The average molecular weight is 327 g/mol. The molecule has 0 unspecified atom stereocenters. The SMILES string of the molecule is O=C(Cc1cccc(F)c1)NCc1cccnc1N1CCCCC1. The topological polar surface area (TPSA) is 45.2 Å². The summed E-state index contributed by atoms with van der Waals surface area (Å²) < 4.78 is 13.2. The van der Waals surface area contributed by atoms with Crippen LogP contribution in [-0.2, 0) is 17.8 Å². The molecule has 1 saturated heterocycles. The van der Waals surface area contributed by atoms with E-state index in [9.17, 15) is 9.18 Å². The van der Waals surface area contributed by atoms with Gasteiger partial charge in [0, 0.05) is 31.4 Å². The Balaban J connectivity index is 1.61. The number of anilines is 1. The molecule has 1 aliphatic heterocycles. The Morgan fingerprint density at radius 3 is 2.79 bits per heavy atom. The molecule has 4 nitrogen and oxygen atoms in total. The Hall–Kier alpha value is -2.43. The van der Waals surface area contributed by atoms with Crippen molar-refractivity contribution in [1.29, 1.82) is 0 Å². The zero-order chi connectivity index (χ0) is 16.8. The molecule has 1 amide bonds. The fourth-order valence-corrected chi connectivity index (χ4v) is 3.05. The molecule has 0 radical (unpaired) electrons. The van der Waals surface area contributed by atoms with Gasteiger partial charge in [0.15, 0.2) is 0 Å². The van der Waals surface area contributed by atoms with E-state index < -0.39 is 0 Å². The van der Waals surface area contributed by atoms with Crippen molar-refractivity contribution in [3.8, 4) is 0 Å². The van der Waals surface area contributed by atoms with Gasteiger partial charge < -0.3 is 10.2 Å². The molecule has 1 aromatic carbocycles. The number of carbonyl (C=O) groups is 1. The summed E-state index contributed by atoms with van der Waals surface area (Å²) in [4.78, 5) is 18.9. The first-order valence-electron chi connectivity index (χ1n) is 8.42. The molecule has 2 heterocycles. The lowest BCUT2D eigenvalue weighted by molar-refractivity contribution is -0.120. The van der Waals surface area contributed by atoms with Crippen LogP contribution < -0.4 is 10.2 Å². The molecule has 126 valence electrons. The van der Waals surface area contributed by atoms with Crippen molar-refractivity contribution in [2.24, 2.45) is 0 Å². The molecule has 2 aromatic rings. The van der Waals surface area contributed by atoms with Crippen molar-refractivity contribution < 1.29 is 9.18 Å². The van der Waals surface area contributed by atoms with E-state index in [-0.39, 0.29) is 18.1 Å². The molecule has 0 aliphatic carbocycles. The first-order chi connectivity index (χ1) is 11.7. The van der Waals surface area contributed by atoms with Crippen LogP contribution in [0.5, 0.6) is 0 Å². The Kier molecular flexibility index (Phi) is 5.41. The largest absolute Gasteiger partial charge is 0.356 e. The fourth-order valence-electron chi connectivity index (χ4n) is 3.05. The number of pyridine rings is 1. The van der Waals surface area contributed by atoms with E-state index in [0.717, 1.165) is 24.5 Å². The number of carbonyl (C=O) groups excluding carboxylic acids is 1. The van der Waals surface area contributed by atoms with Gasteiger partial charge in [-0.3, -0.25) is 4.79 Å². The summed E-state index contributed by atoms with van der Waals surface area (Å²) in [6.07, 6.45) is 5.60. The second kappa shape index (κ2) is 7.90. The minimum absolute atomic E-state index is 0.117. The van der Waals surface area contributed by atoms with Crippen LogP contribution in [0, 0.1) is 5.82 Å². The predicted molar refractivity (Wildman–Crippen MR) is 92.3 cm³/mol. The highest BCUT2D eigenvalue weighted by atomic mass is 19.1. The van der Waals surface area contributed by atoms with Crippen LogP contribution in [0.4, 0.5) is 10.2 Å². The average Bonchev–Trinajstić information content (AvgIpc) is 2.61. The maximum Gasteiger partial charge on any atom is 0.224 e. The number of nitrogens with zero attached hydrogens (tertiary/aromatic N) is 2. The Bertz CT molecular complexity index is 699. The molecule has 1 aromatic heterocycles. The molecule has 0 bridgehead atoms. The number of halogens is 1.